The van der Waals surface area contributed by atoms with Gasteiger partial charge in [0.25, 0.3) is 0 Å². The van der Waals surface area contributed by atoms with Gasteiger partial charge in [0.05, 0.1) is 11.6 Å². The molecular formula is C16H15Cl2NO3. The van der Waals surface area contributed by atoms with Crippen LogP contribution in [0.25, 0.3) is 0 Å². The Kier molecular flexibility index (Phi) is 5.92. The molecule has 6 heteroatoms. The second-order valence-corrected chi connectivity index (χ2v) is 5.21. The van der Waals surface area contributed by atoms with Crippen LogP contribution in [0.5, 0.6) is 11.5 Å². The molecule has 2 aromatic carbocycles. The molecule has 0 heterocycles. The maximum atomic E-state index is 9.17. The first kappa shape index (κ1) is 16.5. The van der Waals surface area contributed by atoms with Gasteiger partial charge in [0.15, 0.2) is 0 Å². The zero-order valence-electron chi connectivity index (χ0n) is 11.9. The molecule has 2 rings (SSSR count). The van der Waals surface area contributed by atoms with Crippen LogP contribution in [0.4, 0.5) is 0 Å². The van der Waals surface area contributed by atoms with Gasteiger partial charge < -0.3 is 14.7 Å². The van der Waals surface area contributed by atoms with Crippen molar-refractivity contribution >= 4 is 28.9 Å². The largest absolute Gasteiger partial charge is 0.494 e. The lowest BCUT2D eigenvalue weighted by Gasteiger charge is -2.10. The van der Waals surface area contributed by atoms with E-state index in [0.717, 1.165) is 11.3 Å². The smallest absolute Gasteiger partial charge is 0.138 e. The predicted octanol–water partition coefficient (Wildman–Crippen LogP) is 4.65. The number of benzene rings is 2. The Balaban J connectivity index is 2.06. The van der Waals surface area contributed by atoms with Gasteiger partial charge in [-0.15, -0.1) is 0 Å². The first-order chi connectivity index (χ1) is 10.6. The Morgan fingerprint density at radius 3 is 2.41 bits per heavy atom. The Labute approximate surface area is 138 Å². The highest BCUT2D eigenvalue weighted by Gasteiger charge is 2.08. The van der Waals surface area contributed by atoms with Crippen LogP contribution in [0.1, 0.15) is 12.5 Å². The molecule has 0 spiro atoms. The highest BCUT2D eigenvalue weighted by molar-refractivity contribution is 6.35. The van der Waals surface area contributed by atoms with Gasteiger partial charge in [0, 0.05) is 10.6 Å². The first-order valence-electron chi connectivity index (χ1n) is 6.66. The van der Waals surface area contributed by atoms with Crippen LogP contribution >= 0.6 is 23.2 Å². The molecule has 22 heavy (non-hydrogen) atoms. The second kappa shape index (κ2) is 7.92. The molecular weight excluding hydrogens is 325 g/mol. The van der Waals surface area contributed by atoms with Crippen LogP contribution < -0.4 is 9.47 Å². The van der Waals surface area contributed by atoms with Crippen molar-refractivity contribution in [1.29, 1.82) is 0 Å². The normalized spacial score (nSPS) is 11.3. The van der Waals surface area contributed by atoms with Crippen LogP contribution in [0.3, 0.4) is 0 Å². The van der Waals surface area contributed by atoms with Gasteiger partial charge in [0.2, 0.25) is 0 Å². The molecule has 0 bridgehead atoms. The highest BCUT2D eigenvalue weighted by atomic mass is 35.5. The summed E-state index contributed by atoms with van der Waals surface area (Å²) in [7, 11) is 0. The van der Waals surface area contributed by atoms with Crippen molar-refractivity contribution in [3.63, 3.8) is 0 Å². The summed E-state index contributed by atoms with van der Waals surface area (Å²) in [5.74, 6) is 1.23. The number of halogens is 2. The summed E-state index contributed by atoms with van der Waals surface area (Å²) in [5, 5.41) is 13.4. The van der Waals surface area contributed by atoms with Gasteiger partial charge in [-0.05, 0) is 49.4 Å². The summed E-state index contributed by atoms with van der Waals surface area (Å²) in [6, 6.07) is 12.1. The molecule has 0 saturated heterocycles. The first-order valence-corrected chi connectivity index (χ1v) is 7.41. The van der Waals surface area contributed by atoms with E-state index in [1.54, 1.807) is 42.5 Å². The fraction of sp³-hybridized carbons (Fsp3) is 0.188. The lowest BCUT2D eigenvalue weighted by molar-refractivity contribution is 0.308. The molecule has 0 aromatic heterocycles. The Hall–Kier alpha value is -1.91. The maximum absolute atomic E-state index is 9.17. The zero-order chi connectivity index (χ0) is 15.9. The lowest BCUT2D eigenvalue weighted by atomic mass is 10.1. The minimum Gasteiger partial charge on any atom is -0.494 e. The van der Waals surface area contributed by atoms with Gasteiger partial charge in [-0.25, -0.2) is 0 Å². The molecule has 0 radical (unpaired) electrons. The van der Waals surface area contributed by atoms with Crippen LogP contribution in [-0.2, 0) is 0 Å². The standard InChI is InChI=1S/C16H15Cl2NO3/c1-2-21-13-6-3-11(4-7-13)15(19-20)10-22-16-8-5-12(17)9-14(16)18/h3-9,20H,2,10H2,1H3. The third-order valence-electron chi connectivity index (χ3n) is 2.88. The van der Waals surface area contributed by atoms with Crippen LogP contribution in [-0.4, -0.2) is 24.1 Å². The molecule has 2 aromatic rings. The molecule has 0 aliphatic carbocycles. The average molecular weight is 340 g/mol. The van der Waals surface area contributed by atoms with E-state index in [1.807, 2.05) is 6.92 Å². The SMILES string of the molecule is CCOc1ccc(C(COc2ccc(Cl)cc2Cl)=NO)cc1. The van der Waals surface area contributed by atoms with E-state index in [4.69, 9.17) is 37.9 Å². The summed E-state index contributed by atoms with van der Waals surface area (Å²) >= 11 is 11.9. The average Bonchev–Trinajstić information content (AvgIpc) is 2.51. The molecule has 0 aliphatic heterocycles. The molecule has 0 atom stereocenters. The summed E-state index contributed by atoms with van der Waals surface area (Å²) in [5.41, 5.74) is 1.12. The van der Waals surface area contributed by atoms with E-state index in [1.165, 1.54) is 0 Å². The maximum Gasteiger partial charge on any atom is 0.138 e. The number of hydrogen-bond donors (Lipinski definition) is 1. The van der Waals surface area contributed by atoms with Gasteiger partial charge >= 0.3 is 0 Å². The van der Waals surface area contributed by atoms with E-state index in [-0.39, 0.29) is 6.61 Å². The van der Waals surface area contributed by atoms with Crippen molar-refractivity contribution in [2.45, 2.75) is 6.92 Å². The van der Waals surface area contributed by atoms with Crippen molar-refractivity contribution in [3.05, 3.63) is 58.1 Å². The summed E-state index contributed by atoms with van der Waals surface area (Å²) in [6.45, 7) is 2.59. The number of nitrogens with zero attached hydrogens (tertiary/aromatic N) is 1. The third-order valence-corrected chi connectivity index (χ3v) is 3.41. The zero-order valence-corrected chi connectivity index (χ0v) is 13.4. The van der Waals surface area contributed by atoms with Crippen molar-refractivity contribution in [2.75, 3.05) is 13.2 Å². The summed E-state index contributed by atoms with van der Waals surface area (Å²) < 4.78 is 10.9. The van der Waals surface area contributed by atoms with Crippen LogP contribution in [0.15, 0.2) is 47.6 Å². The van der Waals surface area contributed by atoms with Crippen LogP contribution in [0.2, 0.25) is 10.0 Å². The van der Waals surface area contributed by atoms with Crippen molar-refractivity contribution in [3.8, 4) is 11.5 Å². The summed E-state index contributed by atoms with van der Waals surface area (Å²) in [6.07, 6.45) is 0. The summed E-state index contributed by atoms with van der Waals surface area (Å²) in [4.78, 5) is 0. The monoisotopic (exact) mass is 339 g/mol. The Morgan fingerprint density at radius 2 is 1.82 bits per heavy atom. The number of oxime groups is 1. The minimum atomic E-state index is 0.0752. The number of ether oxygens (including phenoxy) is 2. The van der Waals surface area contributed by atoms with Gasteiger partial charge in [0.1, 0.15) is 23.8 Å². The highest BCUT2D eigenvalue weighted by Crippen LogP contribution is 2.27. The third kappa shape index (κ3) is 4.29. The van der Waals surface area contributed by atoms with Gasteiger partial charge in [-0.1, -0.05) is 28.4 Å². The Bertz CT molecular complexity index is 657. The van der Waals surface area contributed by atoms with Gasteiger partial charge in [-0.2, -0.15) is 0 Å². The Morgan fingerprint density at radius 1 is 1.09 bits per heavy atom. The minimum absolute atomic E-state index is 0.0752. The topological polar surface area (TPSA) is 51.0 Å². The van der Waals surface area contributed by atoms with Crippen molar-refractivity contribution in [1.82, 2.24) is 0 Å². The van der Waals surface area contributed by atoms with E-state index < -0.39 is 0 Å². The van der Waals surface area contributed by atoms with Crippen molar-refractivity contribution < 1.29 is 14.7 Å². The molecule has 116 valence electrons. The molecule has 0 aliphatic rings. The lowest BCUT2D eigenvalue weighted by Crippen LogP contribution is -2.13. The molecule has 1 N–H and O–H groups in total. The van der Waals surface area contributed by atoms with Gasteiger partial charge in [-0.3, -0.25) is 0 Å². The van der Waals surface area contributed by atoms with E-state index >= 15 is 0 Å². The second-order valence-electron chi connectivity index (χ2n) is 4.37. The fourth-order valence-electron chi connectivity index (χ4n) is 1.82. The molecule has 0 amide bonds. The predicted molar refractivity (Wildman–Crippen MR) is 87.9 cm³/mol. The molecule has 0 unspecified atom stereocenters. The van der Waals surface area contributed by atoms with Crippen LogP contribution in [0, 0.1) is 0 Å². The number of rotatable bonds is 6. The van der Waals surface area contributed by atoms with E-state index in [2.05, 4.69) is 5.16 Å². The van der Waals surface area contributed by atoms with E-state index in [0.29, 0.717) is 28.1 Å². The quantitative estimate of drug-likeness (QED) is 0.473. The van der Waals surface area contributed by atoms with Crippen molar-refractivity contribution in [2.24, 2.45) is 5.16 Å². The molecule has 4 nitrogen and oxygen atoms in total. The number of hydrogen-bond acceptors (Lipinski definition) is 4. The molecule has 0 fully saturated rings. The molecule has 0 saturated carbocycles. The fourth-order valence-corrected chi connectivity index (χ4v) is 2.28. The van der Waals surface area contributed by atoms with E-state index in [9.17, 15) is 0 Å².